The van der Waals surface area contributed by atoms with E-state index >= 15 is 0 Å². The summed E-state index contributed by atoms with van der Waals surface area (Å²) in [5.41, 5.74) is 1.33. The van der Waals surface area contributed by atoms with Crippen LogP contribution in [0.2, 0.25) is 0 Å². The summed E-state index contributed by atoms with van der Waals surface area (Å²) in [5, 5.41) is 0. The van der Waals surface area contributed by atoms with Crippen molar-refractivity contribution in [3.05, 3.63) is 23.8 Å². The molecule has 0 aromatic heterocycles. The van der Waals surface area contributed by atoms with Crippen molar-refractivity contribution in [1.82, 2.24) is 0 Å². The molecular weight excluding hydrogens is 212 g/mol. The number of hydrogen-bond donors (Lipinski definition) is 0. The van der Waals surface area contributed by atoms with Gasteiger partial charge in [-0.25, -0.2) is 0 Å². The molecule has 1 rings (SSSR count). The monoisotopic (exact) mass is 236 g/mol. The highest BCUT2D eigenvalue weighted by atomic mass is 16.5. The summed E-state index contributed by atoms with van der Waals surface area (Å²) in [5.74, 6) is 2.43. The summed E-state index contributed by atoms with van der Waals surface area (Å²) in [7, 11) is 0. The fraction of sp³-hybridized carbons (Fsp3) is 0.600. The zero-order valence-electron chi connectivity index (χ0n) is 11.5. The lowest BCUT2D eigenvalue weighted by atomic mass is 9.99. The van der Waals surface area contributed by atoms with Gasteiger partial charge in [-0.05, 0) is 43.9 Å². The molecule has 0 saturated carbocycles. The van der Waals surface area contributed by atoms with Crippen molar-refractivity contribution >= 4 is 0 Å². The van der Waals surface area contributed by atoms with Crippen molar-refractivity contribution in [1.29, 1.82) is 0 Å². The molecule has 17 heavy (non-hydrogen) atoms. The van der Waals surface area contributed by atoms with E-state index in [0.717, 1.165) is 17.9 Å². The van der Waals surface area contributed by atoms with Gasteiger partial charge in [-0.3, -0.25) is 0 Å². The number of hydrogen-bond acceptors (Lipinski definition) is 2. The van der Waals surface area contributed by atoms with E-state index in [1.165, 1.54) is 12.0 Å². The first-order valence-corrected chi connectivity index (χ1v) is 6.59. The summed E-state index contributed by atoms with van der Waals surface area (Å²) in [6.45, 7) is 9.83. The summed E-state index contributed by atoms with van der Waals surface area (Å²) in [6, 6.07) is 6.27. The van der Waals surface area contributed by atoms with E-state index in [2.05, 4.69) is 26.0 Å². The molecule has 0 spiro atoms. The van der Waals surface area contributed by atoms with Crippen LogP contribution in [0.5, 0.6) is 11.5 Å². The Hall–Kier alpha value is -1.18. The van der Waals surface area contributed by atoms with Crippen LogP contribution >= 0.6 is 0 Å². The molecule has 0 fully saturated rings. The second kappa shape index (κ2) is 7.21. The standard InChI is InChI=1S/C15H24O2/c1-5-12(4)10-13-8-9-14(16-6-2)15(11-13)17-7-3/h8-9,11-12H,5-7,10H2,1-4H3. The third kappa shape index (κ3) is 4.29. The molecule has 1 unspecified atom stereocenters. The molecule has 0 aliphatic carbocycles. The number of benzene rings is 1. The molecule has 2 nitrogen and oxygen atoms in total. The first-order chi connectivity index (χ1) is 8.21. The first-order valence-electron chi connectivity index (χ1n) is 6.59. The smallest absolute Gasteiger partial charge is 0.161 e. The quantitative estimate of drug-likeness (QED) is 0.710. The van der Waals surface area contributed by atoms with Crippen LogP contribution in [-0.2, 0) is 6.42 Å². The van der Waals surface area contributed by atoms with Crippen LogP contribution in [0.25, 0.3) is 0 Å². The minimum absolute atomic E-state index is 0.671. The Labute approximate surface area is 105 Å². The second-order valence-electron chi connectivity index (χ2n) is 4.36. The first kappa shape index (κ1) is 13.9. The zero-order chi connectivity index (χ0) is 12.7. The summed E-state index contributed by atoms with van der Waals surface area (Å²) >= 11 is 0. The van der Waals surface area contributed by atoms with Crippen molar-refractivity contribution in [3.8, 4) is 11.5 Å². The highest BCUT2D eigenvalue weighted by Gasteiger charge is 2.08. The molecule has 2 heteroatoms. The fourth-order valence-electron chi connectivity index (χ4n) is 1.77. The van der Waals surface area contributed by atoms with Gasteiger partial charge in [0.1, 0.15) is 0 Å². The molecule has 0 heterocycles. The molecule has 0 radical (unpaired) electrons. The fourth-order valence-corrected chi connectivity index (χ4v) is 1.77. The van der Waals surface area contributed by atoms with Crippen LogP contribution in [-0.4, -0.2) is 13.2 Å². The molecule has 1 aromatic rings. The summed E-state index contributed by atoms with van der Waals surface area (Å²) < 4.78 is 11.2. The van der Waals surface area contributed by atoms with Gasteiger partial charge in [0.15, 0.2) is 11.5 Å². The average molecular weight is 236 g/mol. The Bertz CT molecular complexity index is 334. The molecule has 96 valence electrons. The van der Waals surface area contributed by atoms with E-state index < -0.39 is 0 Å². The van der Waals surface area contributed by atoms with Gasteiger partial charge in [-0.15, -0.1) is 0 Å². The van der Waals surface area contributed by atoms with Crippen LogP contribution < -0.4 is 9.47 Å². The molecule has 1 atom stereocenters. The minimum atomic E-state index is 0.671. The molecule has 1 aromatic carbocycles. The van der Waals surface area contributed by atoms with E-state index in [0.29, 0.717) is 19.1 Å². The molecule has 0 N–H and O–H groups in total. The zero-order valence-corrected chi connectivity index (χ0v) is 11.5. The molecule has 0 saturated heterocycles. The lowest BCUT2D eigenvalue weighted by Crippen LogP contribution is -2.01. The van der Waals surface area contributed by atoms with Gasteiger partial charge < -0.3 is 9.47 Å². The normalized spacial score (nSPS) is 12.2. The van der Waals surface area contributed by atoms with Gasteiger partial charge >= 0.3 is 0 Å². The van der Waals surface area contributed by atoms with Crippen molar-refractivity contribution in [2.75, 3.05) is 13.2 Å². The van der Waals surface area contributed by atoms with Gasteiger partial charge in [0.2, 0.25) is 0 Å². The van der Waals surface area contributed by atoms with Gasteiger partial charge in [0.05, 0.1) is 13.2 Å². The predicted octanol–water partition coefficient (Wildman–Crippen LogP) is 4.07. The van der Waals surface area contributed by atoms with Gasteiger partial charge in [-0.1, -0.05) is 26.3 Å². The van der Waals surface area contributed by atoms with Crippen LogP contribution in [0.4, 0.5) is 0 Å². The Balaban J connectivity index is 2.84. The maximum Gasteiger partial charge on any atom is 0.161 e. The van der Waals surface area contributed by atoms with Crippen molar-refractivity contribution in [2.24, 2.45) is 5.92 Å². The van der Waals surface area contributed by atoms with Crippen LogP contribution in [0.1, 0.15) is 39.7 Å². The van der Waals surface area contributed by atoms with Crippen molar-refractivity contribution in [3.63, 3.8) is 0 Å². The molecule has 0 aliphatic heterocycles. The van der Waals surface area contributed by atoms with Gasteiger partial charge in [0.25, 0.3) is 0 Å². The third-order valence-electron chi connectivity index (χ3n) is 2.89. The van der Waals surface area contributed by atoms with E-state index in [1.54, 1.807) is 0 Å². The Kier molecular flexibility index (Phi) is 5.88. The van der Waals surface area contributed by atoms with Gasteiger partial charge in [0, 0.05) is 0 Å². The highest BCUT2D eigenvalue weighted by Crippen LogP contribution is 2.29. The lowest BCUT2D eigenvalue weighted by molar-refractivity contribution is 0.287. The highest BCUT2D eigenvalue weighted by molar-refractivity contribution is 5.43. The van der Waals surface area contributed by atoms with Gasteiger partial charge in [-0.2, -0.15) is 0 Å². The van der Waals surface area contributed by atoms with Crippen LogP contribution in [0.3, 0.4) is 0 Å². The molecule has 0 amide bonds. The average Bonchev–Trinajstić information content (AvgIpc) is 2.33. The van der Waals surface area contributed by atoms with E-state index in [4.69, 9.17) is 9.47 Å². The largest absolute Gasteiger partial charge is 0.490 e. The number of rotatable bonds is 7. The van der Waals surface area contributed by atoms with Crippen LogP contribution in [0.15, 0.2) is 18.2 Å². The lowest BCUT2D eigenvalue weighted by Gasteiger charge is -2.14. The Morgan fingerprint density at radius 3 is 2.24 bits per heavy atom. The van der Waals surface area contributed by atoms with E-state index in [9.17, 15) is 0 Å². The van der Waals surface area contributed by atoms with E-state index in [-0.39, 0.29) is 0 Å². The number of ether oxygens (including phenoxy) is 2. The van der Waals surface area contributed by atoms with Crippen LogP contribution in [0, 0.1) is 5.92 Å². The topological polar surface area (TPSA) is 18.5 Å². The molecule has 0 bridgehead atoms. The maximum absolute atomic E-state index is 5.62. The second-order valence-corrected chi connectivity index (χ2v) is 4.36. The Morgan fingerprint density at radius 2 is 1.65 bits per heavy atom. The SMILES string of the molecule is CCOc1ccc(CC(C)CC)cc1OCC. The molecular formula is C15H24O2. The third-order valence-corrected chi connectivity index (χ3v) is 2.89. The van der Waals surface area contributed by atoms with Crippen molar-refractivity contribution < 1.29 is 9.47 Å². The Morgan fingerprint density at radius 1 is 1.00 bits per heavy atom. The maximum atomic E-state index is 5.62. The summed E-state index contributed by atoms with van der Waals surface area (Å²) in [4.78, 5) is 0. The van der Waals surface area contributed by atoms with Crippen molar-refractivity contribution in [2.45, 2.75) is 40.5 Å². The molecule has 0 aliphatic rings. The predicted molar refractivity (Wildman–Crippen MR) is 71.9 cm³/mol. The minimum Gasteiger partial charge on any atom is -0.490 e. The summed E-state index contributed by atoms with van der Waals surface area (Å²) in [6.07, 6.45) is 2.31. The van der Waals surface area contributed by atoms with E-state index in [1.807, 2.05) is 19.9 Å².